The van der Waals surface area contributed by atoms with Crippen molar-refractivity contribution in [2.24, 2.45) is 65.1 Å². The Labute approximate surface area is 562 Å². The van der Waals surface area contributed by atoms with Crippen LogP contribution in [0.2, 0.25) is 0 Å². The minimum Gasteiger partial charge on any atom is -0.466 e. The highest BCUT2D eigenvalue weighted by molar-refractivity contribution is 5.85. The molecule has 15 heteroatoms. The summed E-state index contributed by atoms with van der Waals surface area (Å²) in [4.78, 5) is 96.1. The van der Waals surface area contributed by atoms with Crippen molar-refractivity contribution in [3.8, 4) is 0 Å². The molecule has 6 aliphatic heterocycles. The molecule has 6 saturated heterocycles. The molecule has 10 unspecified atom stereocenters. The summed E-state index contributed by atoms with van der Waals surface area (Å²) in [7, 11) is 0. The maximum absolute atomic E-state index is 11.6. The maximum atomic E-state index is 11.6. The molecule has 12 bridgehead atoms. The van der Waals surface area contributed by atoms with Crippen LogP contribution in [0.15, 0.2) is 0 Å². The third-order valence-electron chi connectivity index (χ3n) is 18.5. The van der Waals surface area contributed by atoms with Gasteiger partial charge in [0.1, 0.15) is 35.7 Å². The van der Waals surface area contributed by atoms with E-state index in [-0.39, 0.29) is 53.8 Å². The zero-order valence-electron chi connectivity index (χ0n) is 62.2. The lowest BCUT2D eigenvalue weighted by Crippen LogP contribution is -2.45. The molecule has 17 fully saturated rings. The second kappa shape index (κ2) is 56.0. The van der Waals surface area contributed by atoms with E-state index in [4.69, 9.17) is 18.9 Å². The average molecular weight is 1310 g/mol. The van der Waals surface area contributed by atoms with Crippen molar-refractivity contribution in [3.63, 3.8) is 0 Å². The number of carbonyl (C=O) groups excluding carboxylic acids is 9. The fraction of sp³-hybridized carbons (Fsp3) is 0.883. The van der Waals surface area contributed by atoms with Gasteiger partial charge in [-0.2, -0.15) is 0 Å². The van der Waals surface area contributed by atoms with Crippen LogP contribution in [-0.4, -0.2) is 91.3 Å². The standard InChI is InChI=1S/C10H14O.C8H10O2.C7H10O2.C7H10O.C6H8O2.C6H10O2.C6H10O.C5H8O2.C4H6O2.9C2H6/c11-10-8-2-6-1-7(4-8)5-9(10)3-6;9-8-6-2-4-1-5(6)7(3-4)10-8;8-7-5-2-1-3-6(4-5)9-7;8-7-4-5-1-2-6(7)3-5;7-6-4-1-2-5(3-4)8-6;7-6-4-2-1-3-5-8-6;7-6-4-2-1-3-5-6;6-5-3-1-2-4-7-5;5-4-2-1-3-6-4;9*1-2/h6-9H,1-5H2;4-7H,1-3H2;5-6H,1-4H2;5-6H,1-4H2;4-5H,1-3H2;1-5H2;1-5H2;1-4H2;1-3H2;9*1-2H3. The molecular weight excluding hydrogens is 1160 g/mol. The van der Waals surface area contributed by atoms with E-state index in [2.05, 4.69) is 9.47 Å². The van der Waals surface area contributed by atoms with Gasteiger partial charge in [0.15, 0.2) is 0 Å². The number of esters is 6. The van der Waals surface area contributed by atoms with Crippen molar-refractivity contribution in [1.29, 1.82) is 0 Å². The number of ether oxygens (including phenoxy) is 6. The van der Waals surface area contributed by atoms with E-state index >= 15 is 0 Å². The number of Topliss-reactive ketones (excluding diaryl/α,β-unsaturated/α-hetero) is 3. The summed E-state index contributed by atoms with van der Waals surface area (Å²) >= 11 is 0. The largest absolute Gasteiger partial charge is 0.466 e. The molecule has 0 amide bonds. The molecule has 11 aliphatic carbocycles. The summed E-state index contributed by atoms with van der Waals surface area (Å²) in [6.45, 7) is 37.9. The molecule has 0 aromatic carbocycles. The molecule has 0 aromatic heterocycles. The second-order valence-corrected chi connectivity index (χ2v) is 24.2. The summed E-state index contributed by atoms with van der Waals surface area (Å²) in [5.41, 5.74) is 0. The van der Waals surface area contributed by atoms with Crippen molar-refractivity contribution in [2.75, 3.05) is 19.8 Å². The molecule has 17 rings (SSSR count). The Morgan fingerprint density at radius 2 is 0.707 bits per heavy atom. The number of fused-ring (bicyclic) bond motifs is 7. The summed E-state index contributed by atoms with van der Waals surface area (Å²) in [6.07, 6.45) is 36.4. The van der Waals surface area contributed by atoms with Crippen molar-refractivity contribution in [2.45, 2.75) is 355 Å². The van der Waals surface area contributed by atoms with Crippen molar-refractivity contribution in [1.82, 2.24) is 0 Å². The maximum Gasteiger partial charge on any atom is 0.309 e. The summed E-state index contributed by atoms with van der Waals surface area (Å²) in [5.74, 6) is 8.20. The van der Waals surface area contributed by atoms with Crippen LogP contribution in [0.3, 0.4) is 0 Å². The summed E-state index contributed by atoms with van der Waals surface area (Å²) < 4.78 is 29.1. The Hall–Kier alpha value is -4.17. The van der Waals surface area contributed by atoms with E-state index in [0.717, 1.165) is 146 Å². The molecule has 0 radical (unpaired) electrons. The highest BCUT2D eigenvalue weighted by atomic mass is 16.6. The summed E-state index contributed by atoms with van der Waals surface area (Å²) in [5, 5.41) is 0. The lowest BCUT2D eigenvalue weighted by atomic mass is 9.56. The van der Waals surface area contributed by atoms with Gasteiger partial charge in [-0.3, -0.25) is 43.2 Å². The molecular formula is C77H140O15. The predicted molar refractivity (Wildman–Crippen MR) is 370 cm³/mol. The molecule has 15 nitrogen and oxygen atoms in total. The number of hydrogen-bond acceptors (Lipinski definition) is 15. The molecule has 0 aromatic rings. The predicted octanol–water partition coefficient (Wildman–Crippen LogP) is 19.1. The number of hydrogen-bond donors (Lipinski definition) is 0. The average Bonchev–Trinajstić information content (AvgIpc) is 0.992. The Morgan fingerprint density at radius 3 is 1.04 bits per heavy atom. The lowest BCUT2D eigenvalue weighted by Gasteiger charge is -2.48. The first-order valence-corrected chi connectivity index (χ1v) is 38.5. The molecule has 11 saturated carbocycles. The van der Waals surface area contributed by atoms with Crippen LogP contribution in [0.5, 0.6) is 0 Å². The minimum atomic E-state index is -0.0463. The van der Waals surface area contributed by atoms with Gasteiger partial charge in [-0.15, -0.1) is 0 Å². The Balaban J connectivity index is 0. The molecule has 92 heavy (non-hydrogen) atoms. The van der Waals surface area contributed by atoms with Crippen LogP contribution < -0.4 is 0 Å². The van der Waals surface area contributed by atoms with Crippen molar-refractivity contribution >= 4 is 53.2 Å². The van der Waals surface area contributed by atoms with Gasteiger partial charge < -0.3 is 28.4 Å². The third kappa shape index (κ3) is 33.5. The van der Waals surface area contributed by atoms with E-state index in [1.165, 1.54) is 70.6 Å². The van der Waals surface area contributed by atoms with Gasteiger partial charge in [-0.1, -0.05) is 131 Å². The topological polar surface area (TPSA) is 209 Å². The first-order chi connectivity index (χ1) is 44.8. The SMILES string of the molecule is CC.CC.CC.CC.CC.CC.CC.CC.CC.O=C1C2CC3CC(C2)CC1C3.O=C1CC2CCC1C2.O=C1CCCCC1.O=C1CCCCCO1.O=C1CCCCO1.O=C1CCCO1.O=C1OC2CC3CC1C2C3.O=C1OC2CCC1C2.O=C1OC2CCCC1C2. The zero-order valence-corrected chi connectivity index (χ0v) is 62.2. The van der Waals surface area contributed by atoms with Gasteiger partial charge in [0.05, 0.1) is 37.6 Å². The number of cyclic esters (lactones) is 3. The monoisotopic (exact) mass is 1310 g/mol. The van der Waals surface area contributed by atoms with E-state index in [9.17, 15) is 43.2 Å². The van der Waals surface area contributed by atoms with Crippen molar-refractivity contribution < 1.29 is 71.6 Å². The molecule has 0 N–H and O–H groups in total. The molecule has 538 valence electrons. The Kier molecular flexibility index (Phi) is 54.8. The van der Waals surface area contributed by atoms with Gasteiger partial charge in [0.2, 0.25) is 0 Å². The highest BCUT2D eigenvalue weighted by Gasteiger charge is 2.56. The van der Waals surface area contributed by atoms with Crippen LogP contribution >= 0.6 is 0 Å². The van der Waals surface area contributed by atoms with E-state index in [0.29, 0.717) is 98.2 Å². The number of ketones is 3. The zero-order chi connectivity index (χ0) is 70.0. The minimum absolute atomic E-state index is 0.0255. The molecule has 0 spiro atoms. The van der Waals surface area contributed by atoms with E-state index < -0.39 is 0 Å². The normalized spacial score (nSPS) is 31.2. The smallest absolute Gasteiger partial charge is 0.309 e. The van der Waals surface area contributed by atoms with Gasteiger partial charge in [0, 0.05) is 62.2 Å². The van der Waals surface area contributed by atoms with Crippen LogP contribution in [-0.2, 0) is 71.6 Å². The lowest BCUT2D eigenvalue weighted by molar-refractivity contribution is -0.148. The van der Waals surface area contributed by atoms with Crippen LogP contribution in [0, 0.1) is 65.1 Å². The number of rotatable bonds is 0. The van der Waals surface area contributed by atoms with Crippen LogP contribution in [0.1, 0.15) is 337 Å². The molecule has 6 heterocycles. The first-order valence-electron chi connectivity index (χ1n) is 38.5. The van der Waals surface area contributed by atoms with Gasteiger partial charge in [-0.25, -0.2) is 0 Å². The van der Waals surface area contributed by atoms with Crippen LogP contribution in [0.25, 0.3) is 0 Å². The van der Waals surface area contributed by atoms with Gasteiger partial charge in [-0.05, 0) is 191 Å². The van der Waals surface area contributed by atoms with Crippen molar-refractivity contribution in [3.05, 3.63) is 0 Å². The quantitative estimate of drug-likeness (QED) is 0.163. The number of carbonyl (C=O) groups is 9. The van der Waals surface area contributed by atoms with E-state index in [1.54, 1.807) is 0 Å². The molecule has 10 atom stereocenters. The fourth-order valence-corrected chi connectivity index (χ4v) is 14.7. The summed E-state index contributed by atoms with van der Waals surface area (Å²) in [6, 6.07) is 0. The van der Waals surface area contributed by atoms with E-state index in [1.807, 2.05) is 125 Å². The first kappa shape index (κ1) is 89.9. The highest BCUT2D eigenvalue weighted by Crippen LogP contribution is 2.54. The third-order valence-corrected chi connectivity index (χ3v) is 18.5. The molecule has 17 aliphatic rings. The van der Waals surface area contributed by atoms with Gasteiger partial charge in [0.25, 0.3) is 0 Å². The Morgan fingerprint density at radius 1 is 0.293 bits per heavy atom. The second-order valence-electron chi connectivity index (χ2n) is 24.2. The fourth-order valence-electron chi connectivity index (χ4n) is 14.7. The van der Waals surface area contributed by atoms with Gasteiger partial charge >= 0.3 is 35.8 Å². The van der Waals surface area contributed by atoms with Crippen LogP contribution in [0.4, 0.5) is 0 Å². The Bertz CT molecular complexity index is 1860.